The Morgan fingerprint density at radius 3 is 2.85 bits per heavy atom. The molecule has 0 saturated carbocycles. The summed E-state index contributed by atoms with van der Waals surface area (Å²) in [5.41, 5.74) is 6.03. The molecule has 0 saturated heterocycles. The Balaban J connectivity index is 2.63. The van der Waals surface area contributed by atoms with Crippen LogP contribution < -0.4 is 10.5 Å². The van der Waals surface area contributed by atoms with Crippen LogP contribution in [0, 0.1) is 0 Å². The largest absolute Gasteiger partial charge is 0.491 e. The number of halogens is 1. The van der Waals surface area contributed by atoms with Crippen LogP contribution in [0.3, 0.4) is 0 Å². The third-order valence-corrected chi connectivity index (χ3v) is 1.79. The van der Waals surface area contributed by atoms with Gasteiger partial charge in [0.15, 0.2) is 0 Å². The van der Waals surface area contributed by atoms with E-state index in [2.05, 4.69) is 0 Å². The van der Waals surface area contributed by atoms with E-state index in [1.807, 2.05) is 0 Å². The molecule has 0 spiro atoms. The van der Waals surface area contributed by atoms with Crippen LogP contribution in [0.25, 0.3) is 0 Å². The third kappa shape index (κ3) is 3.13. The van der Waals surface area contributed by atoms with Gasteiger partial charge in [-0.3, -0.25) is 0 Å². The average molecular weight is 202 g/mol. The Bertz CT molecular complexity index is 289. The van der Waals surface area contributed by atoms with Crippen LogP contribution in [-0.4, -0.2) is 17.8 Å². The lowest BCUT2D eigenvalue weighted by atomic mass is 10.3. The van der Waals surface area contributed by atoms with Crippen molar-refractivity contribution in [2.75, 3.05) is 12.3 Å². The van der Waals surface area contributed by atoms with Crippen molar-refractivity contribution in [3.05, 3.63) is 23.2 Å². The van der Waals surface area contributed by atoms with Gasteiger partial charge in [0.1, 0.15) is 12.4 Å². The SMILES string of the molecule is CC(O)COc1ccc(N)c(Cl)c1. The molecule has 0 aliphatic heterocycles. The maximum atomic E-state index is 8.95. The molecular formula is C9H12ClNO2. The van der Waals surface area contributed by atoms with Crippen LogP contribution in [0.1, 0.15) is 6.92 Å². The van der Waals surface area contributed by atoms with Gasteiger partial charge in [0.25, 0.3) is 0 Å². The zero-order valence-electron chi connectivity index (χ0n) is 7.33. The summed E-state index contributed by atoms with van der Waals surface area (Å²) < 4.78 is 5.21. The number of aliphatic hydroxyl groups excluding tert-OH is 1. The zero-order valence-corrected chi connectivity index (χ0v) is 8.08. The number of aliphatic hydroxyl groups is 1. The molecule has 13 heavy (non-hydrogen) atoms. The van der Waals surface area contributed by atoms with Crippen LogP contribution in [0.15, 0.2) is 18.2 Å². The summed E-state index contributed by atoms with van der Waals surface area (Å²) in [4.78, 5) is 0. The van der Waals surface area contributed by atoms with E-state index in [0.717, 1.165) is 0 Å². The lowest BCUT2D eigenvalue weighted by Gasteiger charge is -2.08. The summed E-state index contributed by atoms with van der Waals surface area (Å²) in [5, 5.41) is 9.42. The Hall–Kier alpha value is -0.930. The molecule has 1 aromatic rings. The molecular weight excluding hydrogens is 190 g/mol. The van der Waals surface area contributed by atoms with Gasteiger partial charge in [-0.25, -0.2) is 0 Å². The third-order valence-electron chi connectivity index (χ3n) is 1.46. The summed E-state index contributed by atoms with van der Waals surface area (Å²) in [5.74, 6) is 0.611. The lowest BCUT2D eigenvalue weighted by Crippen LogP contribution is -2.12. The van der Waals surface area contributed by atoms with E-state index in [-0.39, 0.29) is 6.61 Å². The van der Waals surface area contributed by atoms with Gasteiger partial charge in [-0.1, -0.05) is 11.6 Å². The quantitative estimate of drug-likeness (QED) is 0.732. The van der Waals surface area contributed by atoms with Gasteiger partial charge < -0.3 is 15.6 Å². The molecule has 1 aromatic carbocycles. The van der Waals surface area contributed by atoms with Crippen LogP contribution in [0.2, 0.25) is 5.02 Å². The number of ether oxygens (including phenoxy) is 1. The van der Waals surface area contributed by atoms with Gasteiger partial charge in [-0.15, -0.1) is 0 Å². The average Bonchev–Trinajstić information content (AvgIpc) is 2.07. The minimum atomic E-state index is -0.490. The Morgan fingerprint density at radius 1 is 1.62 bits per heavy atom. The first-order valence-electron chi connectivity index (χ1n) is 3.95. The molecule has 0 amide bonds. The molecule has 1 rings (SSSR count). The predicted octanol–water partition coefficient (Wildman–Crippen LogP) is 1.68. The van der Waals surface area contributed by atoms with E-state index in [0.29, 0.717) is 16.5 Å². The van der Waals surface area contributed by atoms with E-state index in [1.165, 1.54) is 0 Å². The van der Waals surface area contributed by atoms with Gasteiger partial charge in [0.05, 0.1) is 16.8 Å². The monoisotopic (exact) mass is 201 g/mol. The van der Waals surface area contributed by atoms with Crippen molar-refractivity contribution >= 4 is 17.3 Å². The Labute approximate surface area is 82.1 Å². The molecule has 0 aliphatic carbocycles. The van der Waals surface area contributed by atoms with Crippen LogP contribution in [0.5, 0.6) is 5.75 Å². The molecule has 72 valence electrons. The van der Waals surface area contributed by atoms with E-state index >= 15 is 0 Å². The molecule has 0 aromatic heterocycles. The minimum Gasteiger partial charge on any atom is -0.491 e. The second-order valence-electron chi connectivity index (χ2n) is 2.84. The zero-order chi connectivity index (χ0) is 9.84. The highest BCUT2D eigenvalue weighted by molar-refractivity contribution is 6.33. The van der Waals surface area contributed by atoms with Crippen molar-refractivity contribution in [3.63, 3.8) is 0 Å². The van der Waals surface area contributed by atoms with E-state index in [4.69, 9.17) is 27.2 Å². The standard InChI is InChI=1S/C9H12ClNO2/c1-6(12)5-13-7-2-3-9(11)8(10)4-7/h2-4,6,12H,5,11H2,1H3. The Morgan fingerprint density at radius 2 is 2.31 bits per heavy atom. The molecule has 0 bridgehead atoms. The van der Waals surface area contributed by atoms with Crippen LogP contribution in [0.4, 0.5) is 5.69 Å². The minimum absolute atomic E-state index is 0.250. The van der Waals surface area contributed by atoms with Crippen LogP contribution >= 0.6 is 11.6 Å². The highest BCUT2D eigenvalue weighted by Gasteiger charge is 2.00. The molecule has 3 nitrogen and oxygen atoms in total. The number of nitrogen functional groups attached to an aromatic ring is 1. The first kappa shape index (κ1) is 10.2. The Kier molecular flexibility index (Phi) is 3.39. The molecule has 1 atom stereocenters. The highest BCUT2D eigenvalue weighted by atomic mass is 35.5. The van der Waals surface area contributed by atoms with E-state index in [1.54, 1.807) is 25.1 Å². The van der Waals surface area contributed by atoms with Gasteiger partial charge in [-0.05, 0) is 19.1 Å². The normalized spacial score (nSPS) is 12.5. The number of nitrogens with two attached hydrogens (primary N) is 1. The lowest BCUT2D eigenvalue weighted by molar-refractivity contribution is 0.123. The first-order chi connectivity index (χ1) is 6.09. The van der Waals surface area contributed by atoms with Crippen molar-refractivity contribution in [1.29, 1.82) is 0 Å². The second-order valence-corrected chi connectivity index (χ2v) is 3.25. The molecule has 0 heterocycles. The maximum Gasteiger partial charge on any atom is 0.121 e. The highest BCUT2D eigenvalue weighted by Crippen LogP contribution is 2.23. The smallest absolute Gasteiger partial charge is 0.121 e. The van der Waals surface area contributed by atoms with Crippen molar-refractivity contribution in [2.24, 2.45) is 0 Å². The second kappa shape index (κ2) is 4.35. The fourth-order valence-electron chi connectivity index (χ4n) is 0.814. The van der Waals surface area contributed by atoms with Crippen LogP contribution in [-0.2, 0) is 0 Å². The molecule has 1 unspecified atom stereocenters. The number of hydrogen-bond donors (Lipinski definition) is 2. The summed E-state index contributed by atoms with van der Waals surface area (Å²) >= 11 is 5.76. The summed E-state index contributed by atoms with van der Waals surface area (Å²) in [6.45, 7) is 1.90. The van der Waals surface area contributed by atoms with Gasteiger partial charge in [0.2, 0.25) is 0 Å². The molecule has 0 fully saturated rings. The van der Waals surface area contributed by atoms with Crippen molar-refractivity contribution in [3.8, 4) is 5.75 Å². The number of rotatable bonds is 3. The van der Waals surface area contributed by atoms with Gasteiger partial charge in [0, 0.05) is 6.07 Å². The van der Waals surface area contributed by atoms with Crippen molar-refractivity contribution in [2.45, 2.75) is 13.0 Å². The molecule has 4 heteroatoms. The maximum absolute atomic E-state index is 8.95. The van der Waals surface area contributed by atoms with Crippen molar-refractivity contribution < 1.29 is 9.84 Å². The van der Waals surface area contributed by atoms with Crippen molar-refractivity contribution in [1.82, 2.24) is 0 Å². The fraction of sp³-hybridized carbons (Fsp3) is 0.333. The van der Waals surface area contributed by atoms with E-state index < -0.39 is 6.10 Å². The number of benzene rings is 1. The topological polar surface area (TPSA) is 55.5 Å². The molecule has 3 N–H and O–H groups in total. The predicted molar refractivity (Wildman–Crippen MR) is 53.0 cm³/mol. The summed E-state index contributed by atoms with van der Waals surface area (Å²) in [6, 6.07) is 5.00. The van der Waals surface area contributed by atoms with Gasteiger partial charge >= 0.3 is 0 Å². The molecule has 0 aliphatic rings. The molecule has 0 radical (unpaired) electrons. The first-order valence-corrected chi connectivity index (χ1v) is 4.33. The number of anilines is 1. The van der Waals surface area contributed by atoms with E-state index in [9.17, 15) is 0 Å². The van der Waals surface area contributed by atoms with Gasteiger partial charge in [-0.2, -0.15) is 0 Å². The fourth-order valence-corrected chi connectivity index (χ4v) is 0.985. The summed E-state index contributed by atoms with van der Waals surface area (Å²) in [7, 11) is 0. The number of hydrogen-bond acceptors (Lipinski definition) is 3. The summed E-state index contributed by atoms with van der Waals surface area (Å²) in [6.07, 6.45) is -0.490.